The maximum atomic E-state index is 12.0. The van der Waals surface area contributed by atoms with E-state index < -0.39 is 5.97 Å². The molecule has 0 saturated heterocycles. The van der Waals surface area contributed by atoms with Gasteiger partial charge in [0.1, 0.15) is 0 Å². The van der Waals surface area contributed by atoms with E-state index in [4.69, 9.17) is 5.11 Å². The number of hydrogen-bond donors (Lipinski definition) is 2. The number of benzene rings is 1. The van der Waals surface area contributed by atoms with Crippen LogP contribution in [0.15, 0.2) is 24.3 Å². The van der Waals surface area contributed by atoms with Crippen molar-refractivity contribution in [3.8, 4) is 0 Å². The molecule has 1 amide bonds. The molecule has 5 heteroatoms. The fraction of sp³-hybridized carbons (Fsp3) is 0.429. The normalized spacial score (nSPS) is 11.9. The number of carbonyl (C=O) groups is 2. The molecule has 19 heavy (non-hydrogen) atoms. The first-order chi connectivity index (χ1) is 9.04. The quantitative estimate of drug-likeness (QED) is 0.754. The van der Waals surface area contributed by atoms with Gasteiger partial charge in [-0.25, -0.2) is 4.79 Å². The first-order valence-corrected chi connectivity index (χ1v) is 7.42. The molecule has 0 fully saturated rings. The van der Waals surface area contributed by atoms with Crippen LogP contribution in [0, 0.1) is 0 Å². The van der Waals surface area contributed by atoms with E-state index in [-0.39, 0.29) is 17.5 Å². The van der Waals surface area contributed by atoms with Gasteiger partial charge in [-0.3, -0.25) is 4.79 Å². The van der Waals surface area contributed by atoms with Crippen LogP contribution in [0.4, 0.5) is 0 Å². The van der Waals surface area contributed by atoms with Gasteiger partial charge in [0.2, 0.25) is 0 Å². The van der Waals surface area contributed by atoms with E-state index in [1.807, 2.05) is 18.7 Å². The summed E-state index contributed by atoms with van der Waals surface area (Å²) in [5.41, 5.74) is 0.511. The van der Waals surface area contributed by atoms with Crippen molar-refractivity contribution >= 4 is 23.6 Å². The van der Waals surface area contributed by atoms with Crippen molar-refractivity contribution in [1.82, 2.24) is 5.32 Å². The summed E-state index contributed by atoms with van der Waals surface area (Å²) in [6, 6.07) is 6.15. The Bertz CT molecular complexity index is 448. The number of thioether (sulfide) groups is 1. The summed E-state index contributed by atoms with van der Waals surface area (Å²) in [4.78, 5) is 22.8. The van der Waals surface area contributed by atoms with Crippen LogP contribution in [0.5, 0.6) is 0 Å². The molecule has 0 aliphatic rings. The van der Waals surface area contributed by atoms with E-state index in [1.165, 1.54) is 12.1 Å². The van der Waals surface area contributed by atoms with E-state index in [9.17, 15) is 9.59 Å². The number of carbonyl (C=O) groups excluding carboxylic acids is 1. The van der Waals surface area contributed by atoms with Gasteiger partial charge in [0, 0.05) is 11.6 Å². The lowest BCUT2D eigenvalue weighted by Gasteiger charge is -2.13. The van der Waals surface area contributed by atoms with Crippen molar-refractivity contribution in [3.05, 3.63) is 35.4 Å². The molecule has 0 aromatic heterocycles. The van der Waals surface area contributed by atoms with E-state index in [0.29, 0.717) is 5.56 Å². The summed E-state index contributed by atoms with van der Waals surface area (Å²) in [6.07, 6.45) is 0.906. The highest BCUT2D eigenvalue weighted by Crippen LogP contribution is 2.07. The molecule has 0 aliphatic carbocycles. The highest BCUT2D eigenvalue weighted by atomic mass is 32.2. The third-order valence-electron chi connectivity index (χ3n) is 2.65. The van der Waals surface area contributed by atoms with Crippen LogP contribution in [-0.4, -0.2) is 34.5 Å². The standard InChI is InChI=1S/C14H19NO3S/c1-3-19-8-7-10(2)15-13(16)11-5-4-6-12(9-11)14(17)18/h4-6,9-10H,3,7-8H2,1-2H3,(H,15,16)(H,17,18). The first kappa shape index (κ1) is 15.6. The minimum atomic E-state index is -1.03. The van der Waals surface area contributed by atoms with E-state index in [2.05, 4.69) is 12.2 Å². The molecule has 1 aromatic rings. The average molecular weight is 281 g/mol. The molecule has 0 spiro atoms. The lowest BCUT2D eigenvalue weighted by Crippen LogP contribution is -2.33. The zero-order valence-electron chi connectivity index (χ0n) is 11.2. The summed E-state index contributed by atoms with van der Waals surface area (Å²) in [7, 11) is 0. The predicted octanol–water partition coefficient (Wildman–Crippen LogP) is 2.65. The Hall–Kier alpha value is -1.49. The van der Waals surface area contributed by atoms with Crippen molar-refractivity contribution in [2.75, 3.05) is 11.5 Å². The fourth-order valence-corrected chi connectivity index (χ4v) is 2.39. The van der Waals surface area contributed by atoms with Crippen LogP contribution in [-0.2, 0) is 0 Å². The molecule has 1 aromatic carbocycles. The van der Waals surface area contributed by atoms with E-state index >= 15 is 0 Å². The van der Waals surface area contributed by atoms with Crippen LogP contribution in [0.25, 0.3) is 0 Å². The summed E-state index contributed by atoms with van der Waals surface area (Å²) in [5.74, 6) is 0.827. The second-order valence-corrected chi connectivity index (χ2v) is 5.64. The van der Waals surface area contributed by atoms with Gasteiger partial charge in [-0.15, -0.1) is 0 Å². The van der Waals surface area contributed by atoms with Crippen LogP contribution in [0.2, 0.25) is 0 Å². The Morgan fingerprint density at radius 3 is 2.68 bits per heavy atom. The lowest BCUT2D eigenvalue weighted by atomic mass is 10.1. The minimum absolute atomic E-state index is 0.0834. The van der Waals surface area contributed by atoms with Gasteiger partial charge in [0.15, 0.2) is 0 Å². The Kier molecular flexibility index (Phi) is 6.42. The van der Waals surface area contributed by atoms with Gasteiger partial charge in [-0.1, -0.05) is 13.0 Å². The molecule has 1 atom stereocenters. The molecule has 0 radical (unpaired) electrons. The van der Waals surface area contributed by atoms with Gasteiger partial charge in [0.05, 0.1) is 5.56 Å². The van der Waals surface area contributed by atoms with Crippen molar-refractivity contribution in [2.24, 2.45) is 0 Å². The largest absolute Gasteiger partial charge is 0.478 e. The lowest BCUT2D eigenvalue weighted by molar-refractivity contribution is 0.0697. The number of amides is 1. The minimum Gasteiger partial charge on any atom is -0.478 e. The molecule has 0 bridgehead atoms. The van der Waals surface area contributed by atoms with E-state index in [1.54, 1.807) is 12.1 Å². The highest BCUT2D eigenvalue weighted by Gasteiger charge is 2.11. The molecule has 0 saturated carbocycles. The summed E-state index contributed by atoms with van der Waals surface area (Å²) in [6.45, 7) is 4.06. The predicted molar refractivity (Wildman–Crippen MR) is 77.9 cm³/mol. The van der Waals surface area contributed by atoms with Crippen LogP contribution < -0.4 is 5.32 Å². The van der Waals surface area contributed by atoms with Crippen LogP contribution in [0.3, 0.4) is 0 Å². The molecule has 0 aliphatic heterocycles. The van der Waals surface area contributed by atoms with Gasteiger partial charge in [0.25, 0.3) is 5.91 Å². The summed E-state index contributed by atoms with van der Waals surface area (Å²) in [5, 5.41) is 11.8. The monoisotopic (exact) mass is 281 g/mol. The van der Waals surface area contributed by atoms with Crippen molar-refractivity contribution in [3.63, 3.8) is 0 Å². The SMILES string of the molecule is CCSCCC(C)NC(=O)c1cccc(C(=O)O)c1. The third kappa shape index (κ3) is 5.34. The molecule has 1 unspecified atom stereocenters. The maximum Gasteiger partial charge on any atom is 0.335 e. The van der Waals surface area contributed by atoms with Crippen molar-refractivity contribution in [1.29, 1.82) is 0 Å². The highest BCUT2D eigenvalue weighted by molar-refractivity contribution is 7.99. The third-order valence-corrected chi connectivity index (χ3v) is 3.58. The maximum absolute atomic E-state index is 12.0. The van der Waals surface area contributed by atoms with Gasteiger partial charge in [-0.05, 0) is 43.0 Å². The second-order valence-electron chi connectivity index (χ2n) is 4.25. The Labute approximate surface area is 117 Å². The molecule has 1 rings (SSSR count). The van der Waals surface area contributed by atoms with E-state index in [0.717, 1.165) is 17.9 Å². The molecule has 4 nitrogen and oxygen atoms in total. The van der Waals surface area contributed by atoms with Gasteiger partial charge in [-0.2, -0.15) is 11.8 Å². The first-order valence-electron chi connectivity index (χ1n) is 6.26. The number of carboxylic acid groups (broad SMARTS) is 1. The van der Waals surface area contributed by atoms with Crippen LogP contribution in [0.1, 0.15) is 41.0 Å². The molecule has 0 heterocycles. The van der Waals surface area contributed by atoms with Crippen LogP contribution >= 0.6 is 11.8 Å². The Balaban J connectivity index is 2.57. The fourth-order valence-electron chi connectivity index (χ4n) is 1.58. The topological polar surface area (TPSA) is 66.4 Å². The summed E-state index contributed by atoms with van der Waals surface area (Å²) >= 11 is 1.84. The second kappa shape index (κ2) is 7.84. The number of nitrogens with one attached hydrogen (secondary N) is 1. The zero-order chi connectivity index (χ0) is 14.3. The number of rotatable bonds is 7. The smallest absolute Gasteiger partial charge is 0.335 e. The molecular formula is C14H19NO3S. The van der Waals surface area contributed by atoms with Gasteiger partial charge >= 0.3 is 5.97 Å². The zero-order valence-corrected chi connectivity index (χ0v) is 12.0. The van der Waals surface area contributed by atoms with Crippen molar-refractivity contribution < 1.29 is 14.7 Å². The molecular weight excluding hydrogens is 262 g/mol. The Morgan fingerprint density at radius 1 is 1.37 bits per heavy atom. The number of hydrogen-bond acceptors (Lipinski definition) is 3. The average Bonchev–Trinajstić information content (AvgIpc) is 2.39. The van der Waals surface area contributed by atoms with Gasteiger partial charge < -0.3 is 10.4 Å². The summed E-state index contributed by atoms with van der Waals surface area (Å²) < 4.78 is 0. The van der Waals surface area contributed by atoms with Crippen molar-refractivity contribution in [2.45, 2.75) is 26.3 Å². The Morgan fingerprint density at radius 2 is 2.05 bits per heavy atom. The number of aromatic carboxylic acids is 1. The molecule has 2 N–H and O–H groups in total. The number of carboxylic acids is 1. The molecule has 104 valence electrons.